The van der Waals surface area contributed by atoms with E-state index in [0.29, 0.717) is 18.3 Å². The number of carbonyl (C=O) groups is 1. The van der Waals surface area contributed by atoms with E-state index in [4.69, 9.17) is 0 Å². The van der Waals surface area contributed by atoms with Crippen molar-refractivity contribution in [2.24, 2.45) is 39.1 Å². The lowest BCUT2D eigenvalue weighted by Crippen LogP contribution is -2.60. The number of benzene rings is 1. The van der Waals surface area contributed by atoms with Gasteiger partial charge in [0.05, 0.1) is 15.9 Å². The number of nitro groups is 2. The van der Waals surface area contributed by atoms with Gasteiger partial charge < -0.3 is 4.79 Å². The molecule has 0 bridgehead atoms. The number of hydrogen-bond acceptors (Lipinski definition) is 7. The Bertz CT molecular complexity index is 1180. The molecule has 3 aliphatic rings. The van der Waals surface area contributed by atoms with E-state index in [1.165, 1.54) is 30.4 Å². The van der Waals surface area contributed by atoms with Crippen LogP contribution in [0.25, 0.3) is 0 Å². The van der Waals surface area contributed by atoms with Crippen LogP contribution >= 0.6 is 0 Å². The van der Waals surface area contributed by atoms with Crippen LogP contribution in [0.4, 0.5) is 17.1 Å². The molecule has 1 aromatic carbocycles. The van der Waals surface area contributed by atoms with Crippen molar-refractivity contribution in [3.05, 3.63) is 50.6 Å². The van der Waals surface area contributed by atoms with Crippen molar-refractivity contribution < 1.29 is 14.6 Å². The Morgan fingerprint density at radius 2 is 1.87 bits per heavy atom. The van der Waals surface area contributed by atoms with E-state index in [1.54, 1.807) is 0 Å². The maximum atomic E-state index is 12.9. The van der Waals surface area contributed by atoms with Gasteiger partial charge in [-0.25, -0.2) is 0 Å². The number of hydrogen-bond donors (Lipinski definition) is 1. The lowest BCUT2D eigenvalue weighted by Gasteiger charge is -2.65. The van der Waals surface area contributed by atoms with Gasteiger partial charge in [0, 0.05) is 17.2 Å². The number of carbonyl (C=O) groups excluding carboxylic acids is 1. The van der Waals surface area contributed by atoms with Crippen LogP contribution in [0, 0.1) is 54.2 Å². The summed E-state index contributed by atoms with van der Waals surface area (Å²) in [5, 5.41) is 26.8. The van der Waals surface area contributed by atoms with Crippen molar-refractivity contribution >= 4 is 29.1 Å². The van der Waals surface area contributed by atoms with Crippen LogP contribution < -0.4 is 5.43 Å². The summed E-state index contributed by atoms with van der Waals surface area (Å²) in [7, 11) is 0. The average molecular weight is 525 g/mol. The fraction of sp³-hybridized carbons (Fsp3) is 0.655. The fourth-order valence-corrected chi connectivity index (χ4v) is 8.43. The highest BCUT2D eigenvalue weighted by molar-refractivity contribution is 5.83. The number of aldehydes is 1. The molecule has 9 heteroatoms. The molecule has 5 atom stereocenters. The first-order chi connectivity index (χ1) is 17.9. The molecule has 0 aliphatic heterocycles. The number of rotatable bonds is 8. The van der Waals surface area contributed by atoms with Crippen molar-refractivity contribution in [1.82, 2.24) is 0 Å². The molecular formula is C29H40N4O5. The third kappa shape index (κ3) is 4.76. The highest BCUT2D eigenvalue weighted by atomic mass is 16.6. The Kier molecular flexibility index (Phi) is 7.51. The molecule has 206 valence electrons. The second-order valence-corrected chi connectivity index (χ2v) is 12.7. The predicted molar refractivity (Wildman–Crippen MR) is 148 cm³/mol. The summed E-state index contributed by atoms with van der Waals surface area (Å²) in [6, 6.07) is 3.47. The Morgan fingerprint density at radius 3 is 2.53 bits per heavy atom. The summed E-state index contributed by atoms with van der Waals surface area (Å²) >= 11 is 0. The Labute approximate surface area is 224 Å². The molecule has 4 rings (SSSR count). The van der Waals surface area contributed by atoms with Crippen LogP contribution in [0.3, 0.4) is 0 Å². The van der Waals surface area contributed by atoms with Gasteiger partial charge in [-0.3, -0.25) is 25.7 Å². The van der Waals surface area contributed by atoms with Gasteiger partial charge in [-0.05, 0) is 92.9 Å². The van der Waals surface area contributed by atoms with Crippen LogP contribution in [-0.2, 0) is 4.79 Å². The van der Waals surface area contributed by atoms with Gasteiger partial charge in [0.25, 0.3) is 5.69 Å². The highest BCUT2D eigenvalue weighted by Gasteiger charge is 2.63. The van der Waals surface area contributed by atoms with Gasteiger partial charge >= 0.3 is 5.69 Å². The lowest BCUT2D eigenvalue weighted by molar-refractivity contribution is -0.393. The molecule has 3 saturated carbocycles. The molecule has 0 aromatic heterocycles. The molecule has 38 heavy (non-hydrogen) atoms. The van der Waals surface area contributed by atoms with Crippen molar-refractivity contribution in [1.29, 1.82) is 0 Å². The van der Waals surface area contributed by atoms with Gasteiger partial charge in [0.1, 0.15) is 12.0 Å². The third-order valence-electron chi connectivity index (χ3n) is 10.3. The van der Waals surface area contributed by atoms with Crippen molar-refractivity contribution in [2.45, 2.75) is 85.5 Å². The van der Waals surface area contributed by atoms with Gasteiger partial charge in [-0.15, -0.1) is 0 Å². The lowest BCUT2D eigenvalue weighted by atomic mass is 9.39. The molecule has 0 radical (unpaired) electrons. The summed E-state index contributed by atoms with van der Waals surface area (Å²) in [6.45, 7) is 13.4. The summed E-state index contributed by atoms with van der Waals surface area (Å²) < 4.78 is 0. The topological polar surface area (TPSA) is 128 Å². The van der Waals surface area contributed by atoms with Crippen LogP contribution in [0.2, 0.25) is 0 Å². The van der Waals surface area contributed by atoms with Crippen molar-refractivity contribution in [2.75, 3.05) is 5.43 Å². The molecule has 9 nitrogen and oxygen atoms in total. The van der Waals surface area contributed by atoms with E-state index in [2.05, 4.69) is 37.9 Å². The number of nitrogens with one attached hydrogen (secondary N) is 1. The predicted octanol–water partition coefficient (Wildman–Crippen LogP) is 7.47. The largest absolute Gasteiger partial charge is 0.303 e. The molecule has 1 N–H and O–H groups in total. The van der Waals surface area contributed by atoms with Crippen LogP contribution in [0.1, 0.15) is 85.5 Å². The second kappa shape index (κ2) is 10.2. The van der Waals surface area contributed by atoms with E-state index >= 15 is 0 Å². The Morgan fingerprint density at radius 1 is 1.13 bits per heavy atom. The number of hydrazone groups is 1. The summed E-state index contributed by atoms with van der Waals surface area (Å²) in [5.74, 6) is 1.05. The summed E-state index contributed by atoms with van der Waals surface area (Å²) in [5.41, 5.74) is 4.09. The zero-order chi connectivity index (χ0) is 27.9. The van der Waals surface area contributed by atoms with Crippen LogP contribution in [-0.4, -0.2) is 21.8 Å². The zero-order valence-corrected chi connectivity index (χ0v) is 23.0. The highest BCUT2D eigenvalue weighted by Crippen LogP contribution is 2.68. The minimum absolute atomic E-state index is 0.00498. The van der Waals surface area contributed by atoms with Crippen LogP contribution in [0.5, 0.6) is 0 Å². The molecule has 5 unspecified atom stereocenters. The molecule has 3 fully saturated rings. The molecule has 1 aromatic rings. The molecule has 0 amide bonds. The molecule has 0 spiro atoms. The van der Waals surface area contributed by atoms with E-state index < -0.39 is 15.5 Å². The SMILES string of the molecule is C=C1CCC2C(C)(CCC3C(C)(C)CCCC32C=O)C1CCC(C)=NNc1ccc([N+](=O)[O-])cc1[N+](=O)[O-]. The van der Waals surface area contributed by atoms with Crippen molar-refractivity contribution in [3.63, 3.8) is 0 Å². The standard InChI is InChI=1S/C29H40N4O5/c1-19-7-12-26-28(5,16-13-25-27(3,4)14-6-15-29(25,26)18-34)22(19)10-8-20(2)30-31-23-11-9-21(32(35)36)17-24(23)33(37)38/h9,11,17-18,22,25-26,31H,1,6-8,10,12-16H2,2-5H3. The van der Waals surface area contributed by atoms with Gasteiger partial charge in [0.2, 0.25) is 0 Å². The van der Waals surface area contributed by atoms with E-state index in [9.17, 15) is 25.0 Å². The zero-order valence-electron chi connectivity index (χ0n) is 23.0. The second-order valence-electron chi connectivity index (χ2n) is 12.7. The third-order valence-corrected chi connectivity index (χ3v) is 10.3. The molecule has 3 aliphatic carbocycles. The normalized spacial score (nSPS) is 32.6. The first-order valence-corrected chi connectivity index (χ1v) is 13.7. The molecular weight excluding hydrogens is 484 g/mol. The monoisotopic (exact) mass is 524 g/mol. The maximum Gasteiger partial charge on any atom is 0.301 e. The quantitative estimate of drug-likeness (QED) is 0.123. The number of non-ortho nitro benzene ring substituents is 1. The number of nitro benzene ring substituents is 2. The van der Waals surface area contributed by atoms with Gasteiger partial charge in [0.15, 0.2) is 0 Å². The maximum absolute atomic E-state index is 12.9. The number of fused-ring (bicyclic) bond motifs is 3. The Balaban J connectivity index is 1.51. The minimum atomic E-state index is -0.660. The van der Waals surface area contributed by atoms with E-state index in [-0.39, 0.29) is 33.5 Å². The minimum Gasteiger partial charge on any atom is -0.303 e. The first kappa shape index (κ1) is 27.9. The van der Waals surface area contributed by atoms with E-state index in [1.807, 2.05) is 6.92 Å². The first-order valence-electron chi connectivity index (χ1n) is 13.7. The molecule has 0 heterocycles. The van der Waals surface area contributed by atoms with Crippen molar-refractivity contribution in [3.8, 4) is 0 Å². The van der Waals surface area contributed by atoms with Crippen LogP contribution in [0.15, 0.2) is 35.5 Å². The number of allylic oxidation sites excluding steroid dienone is 1. The van der Waals surface area contributed by atoms with E-state index in [0.717, 1.165) is 56.7 Å². The smallest absolute Gasteiger partial charge is 0.301 e. The summed E-state index contributed by atoms with van der Waals surface area (Å²) in [4.78, 5) is 34.0. The average Bonchev–Trinajstić information content (AvgIpc) is 2.85. The number of nitrogens with zero attached hydrogens (tertiary/aromatic N) is 3. The van der Waals surface area contributed by atoms with Gasteiger partial charge in [-0.2, -0.15) is 5.10 Å². The summed E-state index contributed by atoms with van der Waals surface area (Å²) in [6.07, 6.45) is 10.3. The molecule has 0 saturated heterocycles. The fourth-order valence-electron chi connectivity index (χ4n) is 8.43. The number of anilines is 1. The Hall–Kier alpha value is -3.10. The van der Waals surface area contributed by atoms with Gasteiger partial charge in [-0.1, -0.05) is 39.3 Å².